The Morgan fingerprint density at radius 3 is 2.56 bits per heavy atom. The Morgan fingerprint density at radius 2 is 1.94 bits per heavy atom. The van der Waals surface area contributed by atoms with Gasteiger partial charge in [0.05, 0.1) is 6.61 Å². The van der Waals surface area contributed by atoms with Crippen LogP contribution in [0.2, 0.25) is 0 Å². The Hall–Kier alpha value is 0.310. The van der Waals surface area contributed by atoms with E-state index in [0.29, 0.717) is 39.3 Å². The molecule has 1 heterocycles. The zero-order valence-electron chi connectivity index (χ0n) is 9.32. The van der Waals surface area contributed by atoms with Gasteiger partial charge in [0.25, 0.3) is 10.2 Å². The third kappa shape index (κ3) is 5.09. The predicted octanol–water partition coefficient (Wildman–Crippen LogP) is 0.718. The zero-order chi connectivity index (χ0) is 11.9. The number of nitrogens with zero attached hydrogens (tertiary/aromatic N) is 1. The minimum Gasteiger partial charge on any atom is -0.381 e. The maximum atomic E-state index is 11.7. The molecule has 1 saturated heterocycles. The molecule has 5 nitrogen and oxygen atoms in total. The van der Waals surface area contributed by atoms with Gasteiger partial charge in [-0.25, -0.2) is 4.72 Å². The second-order valence-corrected chi connectivity index (χ2v) is 6.21. The minimum absolute atomic E-state index is 0.446. The smallest absolute Gasteiger partial charge is 0.279 e. The third-order valence-corrected chi connectivity index (χ3v) is 4.31. The second-order valence-electron chi connectivity index (χ2n) is 3.66. The summed E-state index contributed by atoms with van der Waals surface area (Å²) < 4.78 is 32.7. The fraction of sp³-hybridized carbons (Fsp3) is 1.00. The van der Waals surface area contributed by atoms with Crippen molar-refractivity contribution in [2.45, 2.75) is 19.3 Å². The maximum Gasteiger partial charge on any atom is 0.279 e. The predicted molar refractivity (Wildman–Crippen MR) is 67.0 cm³/mol. The number of alkyl halides is 1. The summed E-state index contributed by atoms with van der Waals surface area (Å²) in [6, 6.07) is 0. The number of halogens is 1. The highest BCUT2D eigenvalue weighted by atomic mass is 79.9. The summed E-state index contributed by atoms with van der Waals surface area (Å²) in [5.74, 6) is 0. The SMILES string of the molecule is O=S(=O)(NCCCOCCBr)N1CCCC1. The van der Waals surface area contributed by atoms with Crippen LogP contribution in [0, 0.1) is 0 Å². The maximum absolute atomic E-state index is 11.7. The van der Waals surface area contributed by atoms with Gasteiger partial charge in [-0.15, -0.1) is 0 Å². The van der Waals surface area contributed by atoms with E-state index < -0.39 is 10.2 Å². The van der Waals surface area contributed by atoms with Gasteiger partial charge < -0.3 is 4.74 Å². The number of nitrogens with one attached hydrogen (secondary N) is 1. The van der Waals surface area contributed by atoms with Gasteiger partial charge in [0.15, 0.2) is 0 Å². The first-order valence-corrected chi connectivity index (χ1v) is 8.11. The molecule has 0 unspecified atom stereocenters. The molecule has 0 saturated carbocycles. The average molecular weight is 315 g/mol. The number of rotatable bonds is 8. The van der Waals surface area contributed by atoms with E-state index in [2.05, 4.69) is 20.7 Å². The first-order valence-electron chi connectivity index (χ1n) is 5.55. The summed E-state index contributed by atoms with van der Waals surface area (Å²) >= 11 is 3.25. The van der Waals surface area contributed by atoms with Gasteiger partial charge in [-0.05, 0) is 19.3 Å². The number of hydrogen-bond acceptors (Lipinski definition) is 3. The first-order chi connectivity index (χ1) is 7.67. The van der Waals surface area contributed by atoms with Crippen LogP contribution in [-0.2, 0) is 14.9 Å². The molecule has 0 aliphatic carbocycles. The molecule has 0 bridgehead atoms. The molecule has 1 rings (SSSR count). The van der Waals surface area contributed by atoms with Gasteiger partial charge in [-0.2, -0.15) is 12.7 Å². The van der Waals surface area contributed by atoms with Crippen LogP contribution in [0.3, 0.4) is 0 Å². The van der Waals surface area contributed by atoms with Crippen molar-refractivity contribution in [3.05, 3.63) is 0 Å². The lowest BCUT2D eigenvalue weighted by atomic mass is 10.4. The van der Waals surface area contributed by atoms with Crippen molar-refractivity contribution in [3.8, 4) is 0 Å². The van der Waals surface area contributed by atoms with E-state index in [9.17, 15) is 8.42 Å². The molecule has 1 aliphatic heterocycles. The van der Waals surface area contributed by atoms with Crippen LogP contribution in [-0.4, -0.2) is 50.9 Å². The van der Waals surface area contributed by atoms with E-state index in [-0.39, 0.29) is 0 Å². The lowest BCUT2D eigenvalue weighted by molar-refractivity contribution is 0.149. The average Bonchev–Trinajstić information content (AvgIpc) is 2.77. The molecule has 0 aromatic heterocycles. The fourth-order valence-electron chi connectivity index (χ4n) is 1.55. The molecule has 0 radical (unpaired) electrons. The van der Waals surface area contributed by atoms with Crippen LogP contribution >= 0.6 is 15.9 Å². The Balaban J connectivity index is 2.11. The molecule has 16 heavy (non-hydrogen) atoms. The molecule has 0 amide bonds. The Bertz CT molecular complexity index is 278. The summed E-state index contributed by atoms with van der Waals surface area (Å²) in [6.45, 7) is 3.00. The Kier molecular flexibility index (Phi) is 6.83. The molecular formula is C9H19BrN2O3S. The van der Waals surface area contributed by atoms with Crippen molar-refractivity contribution >= 4 is 26.1 Å². The molecule has 1 fully saturated rings. The van der Waals surface area contributed by atoms with Crippen LogP contribution in [0.25, 0.3) is 0 Å². The first kappa shape index (κ1) is 14.4. The molecule has 96 valence electrons. The van der Waals surface area contributed by atoms with Gasteiger partial charge in [-0.3, -0.25) is 0 Å². The molecule has 7 heteroatoms. The Labute approximate surface area is 106 Å². The number of ether oxygens (including phenoxy) is 1. The van der Waals surface area contributed by atoms with Crippen LogP contribution in [0.1, 0.15) is 19.3 Å². The van der Waals surface area contributed by atoms with Gasteiger partial charge in [0.1, 0.15) is 0 Å². The van der Waals surface area contributed by atoms with Crippen molar-refractivity contribution in [2.24, 2.45) is 0 Å². The molecule has 0 atom stereocenters. The lowest BCUT2D eigenvalue weighted by Gasteiger charge is -2.15. The van der Waals surface area contributed by atoms with Crippen LogP contribution < -0.4 is 4.72 Å². The quantitative estimate of drug-likeness (QED) is 0.530. The van der Waals surface area contributed by atoms with Crippen LogP contribution in [0.15, 0.2) is 0 Å². The molecule has 0 aromatic rings. The molecular weight excluding hydrogens is 296 g/mol. The highest BCUT2D eigenvalue weighted by Gasteiger charge is 2.24. The van der Waals surface area contributed by atoms with E-state index in [0.717, 1.165) is 18.2 Å². The van der Waals surface area contributed by atoms with Gasteiger partial charge in [0, 0.05) is 31.6 Å². The van der Waals surface area contributed by atoms with E-state index in [1.165, 1.54) is 4.31 Å². The van der Waals surface area contributed by atoms with Crippen molar-refractivity contribution in [3.63, 3.8) is 0 Å². The standard InChI is InChI=1S/C9H19BrN2O3S/c10-4-9-15-8-3-5-11-16(13,14)12-6-1-2-7-12/h11H,1-9H2. The normalized spacial score (nSPS) is 18.1. The van der Waals surface area contributed by atoms with Crippen molar-refractivity contribution < 1.29 is 13.2 Å². The van der Waals surface area contributed by atoms with Crippen molar-refractivity contribution in [2.75, 3.05) is 38.2 Å². The van der Waals surface area contributed by atoms with Gasteiger partial charge >= 0.3 is 0 Å². The monoisotopic (exact) mass is 314 g/mol. The lowest BCUT2D eigenvalue weighted by Crippen LogP contribution is -2.39. The topological polar surface area (TPSA) is 58.6 Å². The highest BCUT2D eigenvalue weighted by molar-refractivity contribution is 9.09. The largest absolute Gasteiger partial charge is 0.381 e. The minimum atomic E-state index is -3.23. The van der Waals surface area contributed by atoms with Crippen LogP contribution in [0.5, 0.6) is 0 Å². The third-order valence-electron chi connectivity index (χ3n) is 2.38. The van der Waals surface area contributed by atoms with Crippen molar-refractivity contribution in [1.82, 2.24) is 9.03 Å². The fourth-order valence-corrected chi connectivity index (χ4v) is 3.10. The summed E-state index contributed by atoms with van der Waals surface area (Å²) in [7, 11) is -3.23. The molecule has 0 spiro atoms. The van der Waals surface area contributed by atoms with Gasteiger partial charge in [0.2, 0.25) is 0 Å². The second kappa shape index (κ2) is 7.60. The van der Waals surface area contributed by atoms with Gasteiger partial charge in [-0.1, -0.05) is 15.9 Å². The van der Waals surface area contributed by atoms with Crippen LogP contribution in [0.4, 0.5) is 0 Å². The summed E-state index contributed by atoms with van der Waals surface area (Å²) in [4.78, 5) is 0. The van der Waals surface area contributed by atoms with E-state index in [1.807, 2.05) is 0 Å². The molecule has 0 aromatic carbocycles. The molecule has 1 aliphatic rings. The van der Waals surface area contributed by atoms with E-state index in [1.54, 1.807) is 0 Å². The molecule has 1 N–H and O–H groups in total. The van der Waals surface area contributed by atoms with Crippen molar-refractivity contribution in [1.29, 1.82) is 0 Å². The number of hydrogen-bond donors (Lipinski definition) is 1. The zero-order valence-corrected chi connectivity index (χ0v) is 11.7. The summed E-state index contributed by atoms with van der Waals surface area (Å²) in [6.07, 6.45) is 2.64. The summed E-state index contributed by atoms with van der Waals surface area (Å²) in [5, 5.41) is 0.812. The Morgan fingerprint density at radius 1 is 1.25 bits per heavy atom. The van der Waals surface area contributed by atoms with E-state index in [4.69, 9.17) is 4.74 Å². The summed E-state index contributed by atoms with van der Waals surface area (Å²) in [5.41, 5.74) is 0. The van der Waals surface area contributed by atoms with E-state index >= 15 is 0 Å². The highest BCUT2D eigenvalue weighted by Crippen LogP contribution is 2.10.